The fourth-order valence-corrected chi connectivity index (χ4v) is 4.91. The molecule has 2 aromatic carbocycles. The van der Waals surface area contributed by atoms with Crippen LogP contribution in [-0.2, 0) is 16.0 Å². The van der Waals surface area contributed by atoms with Crippen LogP contribution in [0.4, 0.5) is 0 Å². The van der Waals surface area contributed by atoms with Gasteiger partial charge in [-0.25, -0.2) is 0 Å². The van der Waals surface area contributed by atoms with Gasteiger partial charge in [-0.2, -0.15) is 0 Å². The van der Waals surface area contributed by atoms with E-state index in [1.807, 2.05) is 48.5 Å². The number of nitrogens with one attached hydrogen (secondary N) is 1. The molecule has 2 aliphatic rings. The van der Waals surface area contributed by atoms with Crippen LogP contribution in [0.2, 0.25) is 0 Å². The van der Waals surface area contributed by atoms with Crippen molar-refractivity contribution in [2.75, 3.05) is 26.8 Å². The first-order valence-corrected chi connectivity index (χ1v) is 11.9. The molecule has 4 atom stereocenters. The van der Waals surface area contributed by atoms with Gasteiger partial charge in [0.15, 0.2) is 0 Å². The lowest BCUT2D eigenvalue weighted by atomic mass is 9.77. The Labute approximate surface area is 205 Å². The molecule has 4 unspecified atom stereocenters. The maximum Gasteiger partial charge on any atom is 0.247 e. The number of fused-ring (bicyclic) bond motifs is 3. The molecule has 0 fully saturated rings. The lowest BCUT2D eigenvalue weighted by molar-refractivity contribution is -0.136. The van der Waals surface area contributed by atoms with Crippen molar-refractivity contribution < 1.29 is 29.3 Å². The molecule has 0 saturated heterocycles. The molecule has 2 amide bonds. The third kappa shape index (κ3) is 5.04. The van der Waals surface area contributed by atoms with E-state index in [4.69, 9.17) is 9.47 Å². The van der Waals surface area contributed by atoms with E-state index in [0.717, 1.165) is 16.9 Å². The van der Waals surface area contributed by atoms with Gasteiger partial charge >= 0.3 is 0 Å². The Morgan fingerprint density at radius 1 is 1.17 bits per heavy atom. The number of hydrogen-bond donors (Lipinski definition) is 3. The third-order valence-electron chi connectivity index (χ3n) is 6.64. The zero-order chi connectivity index (χ0) is 24.9. The summed E-state index contributed by atoms with van der Waals surface area (Å²) in [5.74, 6) is 0.414. The van der Waals surface area contributed by atoms with Gasteiger partial charge < -0.3 is 29.9 Å². The minimum Gasteiger partial charge on any atom is -0.497 e. The molecule has 4 rings (SSSR count). The summed E-state index contributed by atoms with van der Waals surface area (Å²) in [6.45, 7) is 2.05. The number of benzene rings is 2. The van der Waals surface area contributed by atoms with Crippen LogP contribution in [0.15, 0.2) is 60.2 Å². The Balaban J connectivity index is 1.67. The van der Waals surface area contributed by atoms with E-state index >= 15 is 0 Å². The Hall–Kier alpha value is -3.36. The van der Waals surface area contributed by atoms with Crippen molar-refractivity contribution in [1.82, 2.24) is 10.2 Å². The average molecular weight is 481 g/mol. The van der Waals surface area contributed by atoms with Gasteiger partial charge in [-0.15, -0.1) is 0 Å². The first-order valence-electron chi connectivity index (χ1n) is 11.9. The van der Waals surface area contributed by atoms with Gasteiger partial charge in [-0.3, -0.25) is 9.59 Å². The number of carbonyl (C=O) groups is 2. The number of ether oxygens (including phenoxy) is 2. The number of aliphatic hydroxyl groups is 2. The molecular formula is C27H32N2O6. The van der Waals surface area contributed by atoms with E-state index in [1.165, 1.54) is 0 Å². The first-order chi connectivity index (χ1) is 17.0. The monoisotopic (exact) mass is 480 g/mol. The molecule has 1 aliphatic carbocycles. The quantitative estimate of drug-likeness (QED) is 0.505. The van der Waals surface area contributed by atoms with Crippen molar-refractivity contribution in [2.45, 2.75) is 43.9 Å². The van der Waals surface area contributed by atoms with Crippen molar-refractivity contribution in [3.63, 3.8) is 0 Å². The fraction of sp³-hybridized carbons (Fsp3) is 0.407. The summed E-state index contributed by atoms with van der Waals surface area (Å²) in [5.41, 5.74) is 2.25. The molecule has 0 aromatic heterocycles. The molecule has 0 bridgehead atoms. The second-order valence-electron chi connectivity index (χ2n) is 8.72. The van der Waals surface area contributed by atoms with Gasteiger partial charge in [0.25, 0.3) is 0 Å². The van der Waals surface area contributed by atoms with Crippen LogP contribution in [0.25, 0.3) is 0 Å². The lowest BCUT2D eigenvalue weighted by Crippen LogP contribution is -2.56. The molecule has 0 spiro atoms. The zero-order valence-corrected chi connectivity index (χ0v) is 20.0. The molecule has 0 saturated carbocycles. The van der Waals surface area contributed by atoms with Gasteiger partial charge in [-0.05, 0) is 36.3 Å². The van der Waals surface area contributed by atoms with Crippen LogP contribution in [0.1, 0.15) is 30.4 Å². The lowest BCUT2D eigenvalue weighted by Gasteiger charge is -2.40. The fourth-order valence-electron chi connectivity index (χ4n) is 4.91. The van der Waals surface area contributed by atoms with Gasteiger partial charge in [0.2, 0.25) is 11.8 Å². The number of para-hydroxylation sites is 1. The topological polar surface area (TPSA) is 108 Å². The molecular weight excluding hydrogens is 448 g/mol. The number of hydrogen-bond acceptors (Lipinski definition) is 6. The van der Waals surface area contributed by atoms with Crippen LogP contribution in [0, 0.1) is 0 Å². The standard InChI is InChI=1S/C27H32N2O6/c1-3-23(31)29(13-11-17-7-6-8-18(15-17)34-2)21-16-20(27(33)28-12-14-30)24-19-9-4-5-10-22(19)35-26(24)25(21)32/h4-10,15-16,21,24-26,30,32H,3,11-14H2,1-2H3,(H,28,33). The Kier molecular flexibility index (Phi) is 7.73. The van der Waals surface area contributed by atoms with Crippen molar-refractivity contribution in [3.8, 4) is 11.5 Å². The SMILES string of the molecule is CCC(=O)N(CCc1cccc(OC)c1)C1C=C(C(=O)NCCO)C2c3ccccc3OC2C1O. The molecule has 8 nitrogen and oxygen atoms in total. The minimum atomic E-state index is -1.03. The van der Waals surface area contributed by atoms with E-state index in [-0.39, 0.29) is 31.4 Å². The maximum absolute atomic E-state index is 13.1. The zero-order valence-electron chi connectivity index (χ0n) is 20.0. The average Bonchev–Trinajstić information content (AvgIpc) is 3.28. The summed E-state index contributed by atoms with van der Waals surface area (Å²) in [6.07, 6.45) is 0.782. The Bertz CT molecular complexity index is 1100. The second kappa shape index (κ2) is 10.9. The predicted octanol–water partition coefficient (Wildman–Crippen LogP) is 1.80. The first kappa shape index (κ1) is 24.8. The highest BCUT2D eigenvalue weighted by atomic mass is 16.5. The third-order valence-corrected chi connectivity index (χ3v) is 6.64. The molecule has 3 N–H and O–H groups in total. The molecule has 186 valence electrons. The number of methoxy groups -OCH3 is 1. The van der Waals surface area contributed by atoms with Crippen LogP contribution < -0.4 is 14.8 Å². The highest BCUT2D eigenvalue weighted by molar-refractivity contribution is 5.96. The summed E-state index contributed by atoms with van der Waals surface area (Å²) in [7, 11) is 1.61. The predicted molar refractivity (Wildman–Crippen MR) is 130 cm³/mol. The normalized spacial score (nSPS) is 22.3. The number of aliphatic hydroxyl groups excluding tert-OH is 2. The van der Waals surface area contributed by atoms with E-state index < -0.39 is 24.2 Å². The van der Waals surface area contributed by atoms with E-state index in [1.54, 1.807) is 25.0 Å². The van der Waals surface area contributed by atoms with Crippen molar-refractivity contribution in [2.24, 2.45) is 0 Å². The number of rotatable bonds is 9. The van der Waals surface area contributed by atoms with Crippen LogP contribution in [0.3, 0.4) is 0 Å². The van der Waals surface area contributed by atoms with Crippen LogP contribution in [0.5, 0.6) is 11.5 Å². The Morgan fingerprint density at radius 2 is 1.97 bits per heavy atom. The van der Waals surface area contributed by atoms with E-state index in [9.17, 15) is 19.8 Å². The summed E-state index contributed by atoms with van der Waals surface area (Å²) < 4.78 is 11.4. The number of amides is 2. The molecule has 1 aliphatic heterocycles. The summed E-state index contributed by atoms with van der Waals surface area (Å²) in [4.78, 5) is 27.8. The number of nitrogens with zero attached hydrogens (tertiary/aromatic N) is 1. The Morgan fingerprint density at radius 3 is 2.71 bits per heavy atom. The maximum atomic E-state index is 13.1. The van der Waals surface area contributed by atoms with Gasteiger partial charge in [0.1, 0.15) is 23.7 Å². The summed E-state index contributed by atoms with van der Waals surface area (Å²) in [6, 6.07) is 14.3. The highest BCUT2D eigenvalue weighted by Crippen LogP contribution is 2.47. The number of carbonyl (C=O) groups excluding carboxylic acids is 2. The van der Waals surface area contributed by atoms with Crippen LogP contribution >= 0.6 is 0 Å². The molecule has 35 heavy (non-hydrogen) atoms. The van der Waals surface area contributed by atoms with Crippen molar-refractivity contribution >= 4 is 11.8 Å². The van der Waals surface area contributed by atoms with E-state index in [2.05, 4.69) is 5.32 Å². The van der Waals surface area contributed by atoms with Gasteiger partial charge in [-0.1, -0.05) is 37.3 Å². The molecule has 2 aromatic rings. The second-order valence-corrected chi connectivity index (χ2v) is 8.72. The van der Waals surface area contributed by atoms with Crippen molar-refractivity contribution in [3.05, 3.63) is 71.3 Å². The minimum absolute atomic E-state index is 0.108. The summed E-state index contributed by atoms with van der Waals surface area (Å²) in [5, 5.41) is 23.3. The van der Waals surface area contributed by atoms with Gasteiger partial charge in [0, 0.05) is 30.6 Å². The van der Waals surface area contributed by atoms with Crippen LogP contribution in [-0.4, -0.2) is 72.0 Å². The molecule has 0 radical (unpaired) electrons. The molecule has 8 heteroatoms. The summed E-state index contributed by atoms with van der Waals surface area (Å²) >= 11 is 0. The molecule has 1 heterocycles. The highest BCUT2D eigenvalue weighted by Gasteiger charge is 2.50. The largest absolute Gasteiger partial charge is 0.497 e. The van der Waals surface area contributed by atoms with Crippen molar-refractivity contribution in [1.29, 1.82) is 0 Å². The van der Waals surface area contributed by atoms with E-state index in [0.29, 0.717) is 24.3 Å². The smallest absolute Gasteiger partial charge is 0.247 e. The van der Waals surface area contributed by atoms with Gasteiger partial charge in [0.05, 0.1) is 25.7 Å².